The summed E-state index contributed by atoms with van der Waals surface area (Å²) < 4.78 is 4.99. The molecule has 1 heterocycles. The first-order valence-electron chi connectivity index (χ1n) is 8.99. The Morgan fingerprint density at radius 2 is 1.89 bits per heavy atom. The minimum absolute atomic E-state index is 0.0481. The van der Waals surface area contributed by atoms with Crippen LogP contribution in [-0.2, 0) is 4.74 Å². The van der Waals surface area contributed by atoms with Crippen LogP contribution in [0.1, 0.15) is 55.8 Å². The van der Waals surface area contributed by atoms with Crippen molar-refractivity contribution < 1.29 is 19.4 Å². The van der Waals surface area contributed by atoms with E-state index in [1.54, 1.807) is 12.1 Å². The van der Waals surface area contributed by atoms with E-state index < -0.39 is 5.97 Å². The predicted octanol–water partition coefficient (Wildman–Crippen LogP) is 4.31. The monoisotopic (exact) mass is 363 g/mol. The average Bonchev–Trinajstić information content (AvgIpc) is 3.17. The van der Waals surface area contributed by atoms with Gasteiger partial charge in [0.2, 0.25) is 0 Å². The van der Waals surface area contributed by atoms with Crippen molar-refractivity contribution in [3.05, 3.63) is 76.4 Å². The van der Waals surface area contributed by atoms with E-state index in [-0.39, 0.29) is 29.4 Å². The van der Waals surface area contributed by atoms with Gasteiger partial charge in [-0.05, 0) is 54.2 Å². The number of methoxy groups -OCH3 is 1. The molecule has 0 unspecified atom stereocenters. The molecule has 0 aromatic heterocycles. The number of carbonyl (C=O) groups excluding carboxylic acids is 1. The number of nitrogens with one attached hydrogen (secondary N) is 1. The van der Waals surface area contributed by atoms with Gasteiger partial charge in [-0.3, -0.25) is 0 Å². The number of rotatable bonds is 3. The Balaban J connectivity index is 1.80. The molecule has 5 heteroatoms. The third kappa shape index (κ3) is 2.79. The molecule has 0 bridgehead atoms. The van der Waals surface area contributed by atoms with E-state index in [4.69, 9.17) is 9.84 Å². The maximum atomic E-state index is 12.3. The van der Waals surface area contributed by atoms with Crippen molar-refractivity contribution in [3.63, 3.8) is 0 Å². The number of hydrogen-bond donors (Lipinski definition) is 2. The fourth-order valence-corrected chi connectivity index (χ4v) is 4.31. The molecular formula is C22H21NO4. The van der Waals surface area contributed by atoms with Crippen LogP contribution in [0.25, 0.3) is 0 Å². The predicted molar refractivity (Wildman–Crippen MR) is 102 cm³/mol. The van der Waals surface area contributed by atoms with Crippen LogP contribution in [-0.4, -0.2) is 24.2 Å². The van der Waals surface area contributed by atoms with E-state index in [0.717, 1.165) is 28.8 Å². The van der Waals surface area contributed by atoms with E-state index in [0.29, 0.717) is 5.56 Å². The Bertz CT molecular complexity index is 946. The van der Waals surface area contributed by atoms with Gasteiger partial charge in [-0.15, -0.1) is 0 Å². The Kier molecular flexibility index (Phi) is 4.22. The molecule has 138 valence electrons. The largest absolute Gasteiger partial charge is 0.478 e. The first kappa shape index (κ1) is 17.3. The normalized spacial score (nSPS) is 22.5. The number of aryl methyl sites for hydroxylation is 1. The van der Waals surface area contributed by atoms with Crippen LogP contribution in [0.15, 0.2) is 48.6 Å². The summed E-state index contributed by atoms with van der Waals surface area (Å²) in [5.74, 6) is -0.864. The van der Waals surface area contributed by atoms with Crippen LogP contribution in [0.5, 0.6) is 0 Å². The molecule has 4 rings (SSSR count). The molecule has 0 saturated heterocycles. The highest BCUT2D eigenvalue weighted by Crippen LogP contribution is 2.51. The molecule has 0 radical (unpaired) electrons. The van der Waals surface area contributed by atoms with Crippen LogP contribution in [0.2, 0.25) is 0 Å². The molecule has 27 heavy (non-hydrogen) atoms. The van der Waals surface area contributed by atoms with Gasteiger partial charge in [0.05, 0.1) is 24.3 Å². The van der Waals surface area contributed by atoms with Gasteiger partial charge in [0, 0.05) is 11.6 Å². The van der Waals surface area contributed by atoms with Gasteiger partial charge in [-0.25, -0.2) is 9.59 Å². The number of ether oxygens (including phenoxy) is 1. The number of carboxylic acid groups (broad SMARTS) is 1. The lowest BCUT2D eigenvalue weighted by Crippen LogP contribution is -2.31. The number of esters is 1. The fourth-order valence-electron chi connectivity index (χ4n) is 4.31. The third-order valence-corrected chi connectivity index (χ3v) is 5.65. The summed E-state index contributed by atoms with van der Waals surface area (Å²) in [4.78, 5) is 23.4. The summed E-state index contributed by atoms with van der Waals surface area (Å²) in [6.07, 6.45) is 5.24. The first-order chi connectivity index (χ1) is 13.0. The van der Waals surface area contributed by atoms with Crippen molar-refractivity contribution in [3.8, 4) is 0 Å². The second-order valence-electron chi connectivity index (χ2n) is 7.11. The first-order valence-corrected chi connectivity index (χ1v) is 8.99. The van der Waals surface area contributed by atoms with Crippen molar-refractivity contribution in [1.82, 2.24) is 0 Å². The van der Waals surface area contributed by atoms with E-state index in [9.17, 15) is 9.59 Å². The van der Waals surface area contributed by atoms with E-state index in [1.807, 2.05) is 31.2 Å². The highest BCUT2D eigenvalue weighted by Gasteiger charge is 2.40. The van der Waals surface area contributed by atoms with Crippen molar-refractivity contribution in [2.75, 3.05) is 12.4 Å². The van der Waals surface area contributed by atoms with E-state index in [1.165, 1.54) is 7.11 Å². The van der Waals surface area contributed by atoms with Crippen molar-refractivity contribution in [2.24, 2.45) is 5.92 Å². The van der Waals surface area contributed by atoms with E-state index >= 15 is 0 Å². The SMILES string of the molecule is COC(=O)c1ccc(C)c2c1[C@@H]1C=CC[C@@H]1[C@@H](c1ccc(C(=O)O)cc1)N2. The number of allylic oxidation sites excluding steroid dienone is 2. The fraction of sp³-hybridized carbons (Fsp3) is 0.273. The summed E-state index contributed by atoms with van der Waals surface area (Å²) in [6.45, 7) is 2.02. The maximum absolute atomic E-state index is 12.3. The van der Waals surface area contributed by atoms with Crippen molar-refractivity contribution >= 4 is 17.6 Å². The van der Waals surface area contributed by atoms with Gasteiger partial charge in [0.1, 0.15) is 0 Å². The lowest BCUT2D eigenvalue weighted by atomic mass is 9.74. The summed E-state index contributed by atoms with van der Waals surface area (Å²) in [5.41, 5.74) is 4.97. The lowest BCUT2D eigenvalue weighted by Gasteiger charge is -2.39. The minimum atomic E-state index is -0.928. The molecule has 2 aromatic carbocycles. The summed E-state index contributed by atoms with van der Waals surface area (Å²) in [6, 6.07) is 10.9. The zero-order chi connectivity index (χ0) is 19.1. The zero-order valence-corrected chi connectivity index (χ0v) is 15.2. The Hall–Kier alpha value is -3.08. The maximum Gasteiger partial charge on any atom is 0.338 e. The van der Waals surface area contributed by atoms with Crippen LogP contribution < -0.4 is 5.32 Å². The molecule has 0 spiro atoms. The topological polar surface area (TPSA) is 75.6 Å². The second kappa shape index (κ2) is 6.58. The van der Waals surface area contributed by atoms with Gasteiger partial charge in [0.15, 0.2) is 0 Å². The van der Waals surface area contributed by atoms with Gasteiger partial charge in [-0.1, -0.05) is 30.4 Å². The number of benzene rings is 2. The standard InChI is InChI=1S/C22H21NO4/c1-12-6-11-17(22(26)27-2)18-15-4-3-5-16(15)20(23-19(12)18)13-7-9-14(10-8-13)21(24)25/h3-4,6-11,15-16,20,23H,5H2,1-2H3,(H,24,25)/t15-,16+,20-/m1/s1. The molecular weight excluding hydrogens is 342 g/mol. The van der Waals surface area contributed by atoms with Crippen LogP contribution in [0.3, 0.4) is 0 Å². The van der Waals surface area contributed by atoms with Crippen LogP contribution in [0.4, 0.5) is 5.69 Å². The Morgan fingerprint density at radius 3 is 2.56 bits per heavy atom. The number of aromatic carboxylic acids is 1. The van der Waals surface area contributed by atoms with Crippen LogP contribution in [0, 0.1) is 12.8 Å². The van der Waals surface area contributed by atoms with E-state index in [2.05, 4.69) is 17.5 Å². The third-order valence-electron chi connectivity index (χ3n) is 5.65. The molecule has 5 nitrogen and oxygen atoms in total. The van der Waals surface area contributed by atoms with Gasteiger partial charge >= 0.3 is 11.9 Å². The number of anilines is 1. The average molecular weight is 363 g/mol. The summed E-state index contributed by atoms with van der Waals surface area (Å²) in [5, 5.41) is 12.8. The molecule has 1 aliphatic carbocycles. The lowest BCUT2D eigenvalue weighted by molar-refractivity contribution is 0.0597. The highest BCUT2D eigenvalue weighted by atomic mass is 16.5. The minimum Gasteiger partial charge on any atom is -0.478 e. The quantitative estimate of drug-likeness (QED) is 0.628. The number of carbonyl (C=O) groups is 2. The molecule has 2 aromatic rings. The highest BCUT2D eigenvalue weighted by molar-refractivity contribution is 5.94. The van der Waals surface area contributed by atoms with Crippen molar-refractivity contribution in [2.45, 2.75) is 25.3 Å². The van der Waals surface area contributed by atoms with Crippen LogP contribution >= 0.6 is 0 Å². The molecule has 0 saturated carbocycles. The van der Waals surface area contributed by atoms with Gasteiger partial charge in [-0.2, -0.15) is 0 Å². The van der Waals surface area contributed by atoms with Crippen molar-refractivity contribution in [1.29, 1.82) is 0 Å². The Morgan fingerprint density at radius 1 is 1.15 bits per heavy atom. The number of carboxylic acids is 1. The Labute approximate surface area is 157 Å². The molecule has 2 N–H and O–H groups in total. The zero-order valence-electron chi connectivity index (χ0n) is 15.2. The second-order valence-corrected chi connectivity index (χ2v) is 7.11. The molecule has 0 amide bonds. The smallest absolute Gasteiger partial charge is 0.338 e. The summed E-state index contributed by atoms with van der Waals surface area (Å²) in [7, 11) is 1.40. The number of hydrogen-bond acceptors (Lipinski definition) is 4. The molecule has 1 aliphatic heterocycles. The van der Waals surface area contributed by atoms with Gasteiger partial charge in [0.25, 0.3) is 0 Å². The van der Waals surface area contributed by atoms with Gasteiger partial charge < -0.3 is 15.2 Å². The molecule has 3 atom stereocenters. The molecule has 0 fully saturated rings. The summed E-state index contributed by atoms with van der Waals surface area (Å²) >= 11 is 0. The molecule has 2 aliphatic rings. The number of fused-ring (bicyclic) bond motifs is 3.